The fraction of sp³-hybridized carbons (Fsp3) is 0.625. The second kappa shape index (κ2) is 7.76. The van der Waals surface area contributed by atoms with Crippen LogP contribution in [0.1, 0.15) is 52.1 Å². The van der Waals surface area contributed by atoms with Gasteiger partial charge in [0.2, 0.25) is 0 Å². The van der Waals surface area contributed by atoms with Crippen LogP contribution in [0.15, 0.2) is 18.2 Å². The highest BCUT2D eigenvalue weighted by Gasteiger charge is 2.13. The lowest BCUT2D eigenvalue weighted by Gasteiger charge is -2.27. The number of anilines is 1. The second-order valence-corrected chi connectivity index (χ2v) is 5.66. The summed E-state index contributed by atoms with van der Waals surface area (Å²) in [4.78, 5) is 2.25. The monoisotopic (exact) mass is 282 g/mol. The molecule has 0 aliphatic rings. The Balaban J connectivity index is 2.85. The van der Waals surface area contributed by atoms with Crippen LogP contribution in [0.3, 0.4) is 0 Å². The fourth-order valence-electron chi connectivity index (χ4n) is 2.07. The molecule has 3 heteroatoms. The summed E-state index contributed by atoms with van der Waals surface area (Å²) in [6, 6.07) is 7.24. The van der Waals surface area contributed by atoms with Gasteiger partial charge in [0, 0.05) is 19.1 Å². The predicted molar refractivity (Wildman–Crippen MR) is 86.3 cm³/mol. The maximum atomic E-state index is 6.43. The summed E-state index contributed by atoms with van der Waals surface area (Å²) in [5.74, 6) is 0. The van der Waals surface area contributed by atoms with Crippen molar-refractivity contribution >= 4 is 17.3 Å². The van der Waals surface area contributed by atoms with Crippen LogP contribution in [0, 0.1) is 0 Å². The lowest BCUT2D eigenvalue weighted by Crippen LogP contribution is -2.28. The van der Waals surface area contributed by atoms with E-state index in [0.717, 1.165) is 30.1 Å². The Morgan fingerprint density at radius 1 is 1.26 bits per heavy atom. The summed E-state index contributed by atoms with van der Waals surface area (Å²) in [5.41, 5.74) is 2.36. The normalized spacial score (nSPS) is 14.2. The van der Waals surface area contributed by atoms with Gasteiger partial charge in [0.05, 0.1) is 10.7 Å². The van der Waals surface area contributed by atoms with Gasteiger partial charge in [-0.2, -0.15) is 0 Å². The number of hydrogen-bond donors (Lipinski definition) is 1. The van der Waals surface area contributed by atoms with Crippen molar-refractivity contribution in [2.45, 2.75) is 52.6 Å². The Hall–Kier alpha value is -0.730. The number of nitrogens with zero attached hydrogens (tertiary/aromatic N) is 1. The number of hydrogen-bond acceptors (Lipinski definition) is 2. The van der Waals surface area contributed by atoms with E-state index in [1.807, 2.05) is 0 Å². The van der Waals surface area contributed by atoms with E-state index in [2.05, 4.69) is 63.2 Å². The molecule has 0 aromatic heterocycles. The topological polar surface area (TPSA) is 15.3 Å². The zero-order valence-electron chi connectivity index (χ0n) is 12.8. The second-order valence-electron chi connectivity index (χ2n) is 5.25. The third kappa shape index (κ3) is 4.39. The van der Waals surface area contributed by atoms with E-state index in [4.69, 9.17) is 11.6 Å². The summed E-state index contributed by atoms with van der Waals surface area (Å²) in [5, 5.41) is 4.32. The van der Waals surface area contributed by atoms with Crippen molar-refractivity contribution in [3.05, 3.63) is 28.8 Å². The first-order valence-corrected chi connectivity index (χ1v) is 7.64. The van der Waals surface area contributed by atoms with Crippen molar-refractivity contribution in [1.29, 1.82) is 0 Å². The number of nitrogens with one attached hydrogen (secondary N) is 1. The van der Waals surface area contributed by atoms with Gasteiger partial charge in [-0.1, -0.05) is 31.5 Å². The number of halogens is 1. The van der Waals surface area contributed by atoms with E-state index in [1.54, 1.807) is 0 Å². The maximum absolute atomic E-state index is 6.43. The average molecular weight is 283 g/mol. The molecule has 1 aromatic carbocycles. The van der Waals surface area contributed by atoms with Crippen molar-refractivity contribution in [3.63, 3.8) is 0 Å². The number of benzene rings is 1. The van der Waals surface area contributed by atoms with Crippen molar-refractivity contribution in [2.24, 2.45) is 0 Å². The molecule has 1 N–H and O–H groups in total. The third-order valence-corrected chi connectivity index (χ3v) is 4.11. The minimum absolute atomic E-state index is 0.348. The van der Waals surface area contributed by atoms with Gasteiger partial charge in [-0.3, -0.25) is 0 Å². The molecule has 0 aliphatic carbocycles. The molecule has 0 saturated carbocycles. The highest BCUT2D eigenvalue weighted by molar-refractivity contribution is 6.33. The first-order valence-electron chi connectivity index (χ1n) is 7.26. The summed E-state index contributed by atoms with van der Waals surface area (Å²) in [6.45, 7) is 9.80. The van der Waals surface area contributed by atoms with Gasteiger partial charge >= 0.3 is 0 Å². The molecule has 0 heterocycles. The Morgan fingerprint density at radius 3 is 2.47 bits per heavy atom. The molecule has 1 aromatic rings. The van der Waals surface area contributed by atoms with Crippen LogP contribution < -0.4 is 10.2 Å². The van der Waals surface area contributed by atoms with Gasteiger partial charge in [-0.15, -0.1) is 0 Å². The van der Waals surface area contributed by atoms with Gasteiger partial charge in [0.15, 0.2) is 0 Å². The Morgan fingerprint density at radius 2 is 1.95 bits per heavy atom. The Kier molecular flexibility index (Phi) is 6.67. The molecule has 0 aliphatic heterocycles. The first-order chi connectivity index (χ1) is 9.01. The van der Waals surface area contributed by atoms with E-state index >= 15 is 0 Å². The molecule has 0 spiro atoms. The van der Waals surface area contributed by atoms with Crippen LogP contribution in [-0.2, 0) is 0 Å². The Bertz CT molecular complexity index is 392. The van der Waals surface area contributed by atoms with Crippen LogP contribution >= 0.6 is 11.6 Å². The van der Waals surface area contributed by atoms with Gasteiger partial charge in [0.25, 0.3) is 0 Å². The highest BCUT2D eigenvalue weighted by Crippen LogP contribution is 2.29. The van der Waals surface area contributed by atoms with Gasteiger partial charge in [0.1, 0.15) is 0 Å². The lowest BCUT2D eigenvalue weighted by atomic mass is 10.1. The first kappa shape index (κ1) is 16.3. The molecular formula is C16H27ClN2. The highest BCUT2D eigenvalue weighted by atomic mass is 35.5. The van der Waals surface area contributed by atoms with Gasteiger partial charge in [-0.05, 0) is 50.9 Å². The fourth-order valence-corrected chi connectivity index (χ4v) is 2.39. The van der Waals surface area contributed by atoms with Crippen LogP contribution in [0.2, 0.25) is 5.02 Å². The molecule has 0 radical (unpaired) electrons. The molecule has 108 valence electrons. The van der Waals surface area contributed by atoms with Crippen molar-refractivity contribution in [1.82, 2.24) is 5.32 Å². The molecule has 0 amide bonds. The molecule has 2 unspecified atom stereocenters. The lowest BCUT2D eigenvalue weighted by molar-refractivity contribution is 0.570. The third-order valence-electron chi connectivity index (χ3n) is 3.80. The molecule has 19 heavy (non-hydrogen) atoms. The summed E-state index contributed by atoms with van der Waals surface area (Å²) in [6.07, 6.45) is 2.26. The van der Waals surface area contributed by atoms with E-state index < -0.39 is 0 Å². The summed E-state index contributed by atoms with van der Waals surface area (Å²) >= 11 is 6.43. The van der Waals surface area contributed by atoms with E-state index in [9.17, 15) is 0 Å². The smallest absolute Gasteiger partial charge is 0.0642 e. The Labute approximate surface area is 123 Å². The van der Waals surface area contributed by atoms with Crippen molar-refractivity contribution in [3.8, 4) is 0 Å². The molecular weight excluding hydrogens is 256 g/mol. The molecule has 0 fully saturated rings. The minimum atomic E-state index is 0.348. The van der Waals surface area contributed by atoms with Crippen LogP contribution in [0.25, 0.3) is 0 Å². The van der Waals surface area contributed by atoms with E-state index in [0.29, 0.717) is 12.1 Å². The standard InChI is InChI=1S/C16H27ClN2/c1-6-10-18-13(4)14-8-9-16(15(17)11-14)19(5)12(3)7-2/h8-9,11-13,18H,6-7,10H2,1-5H3. The van der Waals surface area contributed by atoms with Gasteiger partial charge < -0.3 is 10.2 Å². The average Bonchev–Trinajstić information content (AvgIpc) is 2.42. The van der Waals surface area contributed by atoms with Gasteiger partial charge in [-0.25, -0.2) is 0 Å². The maximum Gasteiger partial charge on any atom is 0.0642 e. The molecule has 1 rings (SSSR count). The zero-order valence-corrected chi connectivity index (χ0v) is 13.6. The minimum Gasteiger partial charge on any atom is -0.371 e. The predicted octanol–water partition coefficient (Wildman–Crippen LogP) is 4.64. The largest absolute Gasteiger partial charge is 0.371 e. The van der Waals surface area contributed by atoms with Crippen molar-refractivity contribution < 1.29 is 0 Å². The zero-order chi connectivity index (χ0) is 14.4. The van der Waals surface area contributed by atoms with E-state index in [1.165, 1.54) is 5.56 Å². The quantitative estimate of drug-likeness (QED) is 0.784. The molecule has 0 bridgehead atoms. The van der Waals surface area contributed by atoms with Crippen LogP contribution in [-0.4, -0.2) is 19.6 Å². The summed E-state index contributed by atoms with van der Waals surface area (Å²) in [7, 11) is 2.10. The molecule has 0 saturated heterocycles. The van der Waals surface area contributed by atoms with Crippen LogP contribution in [0.5, 0.6) is 0 Å². The molecule has 2 nitrogen and oxygen atoms in total. The number of rotatable bonds is 7. The SMILES string of the molecule is CCCNC(C)c1ccc(N(C)C(C)CC)c(Cl)c1. The van der Waals surface area contributed by atoms with Crippen molar-refractivity contribution in [2.75, 3.05) is 18.5 Å². The van der Waals surface area contributed by atoms with Crippen LogP contribution in [0.4, 0.5) is 5.69 Å². The molecule has 2 atom stereocenters. The van der Waals surface area contributed by atoms with E-state index in [-0.39, 0.29) is 0 Å². The summed E-state index contributed by atoms with van der Waals surface area (Å²) < 4.78 is 0.